The fourth-order valence-electron chi connectivity index (χ4n) is 1.81. The molecule has 0 amide bonds. The molecule has 1 aliphatic rings. The summed E-state index contributed by atoms with van der Waals surface area (Å²) in [5.74, 6) is 0. The summed E-state index contributed by atoms with van der Waals surface area (Å²) in [5, 5.41) is 0.877. The monoisotopic (exact) mass is 206 g/mol. The van der Waals surface area contributed by atoms with Crippen LogP contribution in [-0.2, 0) is 6.42 Å². The minimum Gasteiger partial charge on any atom is -0.0837 e. The van der Waals surface area contributed by atoms with Gasteiger partial charge in [0.15, 0.2) is 0 Å². The van der Waals surface area contributed by atoms with E-state index in [1.165, 1.54) is 16.7 Å². The maximum absolute atomic E-state index is 6.14. The summed E-state index contributed by atoms with van der Waals surface area (Å²) < 4.78 is 0. The van der Waals surface area contributed by atoms with E-state index in [1.54, 1.807) is 0 Å². The molecule has 14 heavy (non-hydrogen) atoms. The smallest absolute Gasteiger partial charge is 0.0481 e. The first-order chi connectivity index (χ1) is 6.48. The highest BCUT2D eigenvalue weighted by Crippen LogP contribution is 2.38. The van der Waals surface area contributed by atoms with Crippen molar-refractivity contribution in [2.75, 3.05) is 0 Å². The molecule has 0 saturated carbocycles. The Morgan fingerprint density at radius 2 is 1.93 bits per heavy atom. The van der Waals surface area contributed by atoms with E-state index in [4.69, 9.17) is 11.6 Å². The van der Waals surface area contributed by atoms with Gasteiger partial charge < -0.3 is 0 Å². The van der Waals surface area contributed by atoms with E-state index in [9.17, 15) is 0 Å². The summed E-state index contributed by atoms with van der Waals surface area (Å²) in [6, 6.07) is 6.15. The molecule has 0 nitrogen and oxygen atoms in total. The molecule has 1 aromatic rings. The second-order valence-corrected chi connectivity index (χ2v) is 5.32. The van der Waals surface area contributed by atoms with Crippen LogP contribution in [-0.4, -0.2) is 0 Å². The summed E-state index contributed by atoms with van der Waals surface area (Å²) in [7, 11) is 0. The maximum atomic E-state index is 6.14. The van der Waals surface area contributed by atoms with Crippen molar-refractivity contribution in [2.45, 2.75) is 27.2 Å². The van der Waals surface area contributed by atoms with Crippen molar-refractivity contribution in [3.63, 3.8) is 0 Å². The minimum absolute atomic E-state index is 0.252. The quantitative estimate of drug-likeness (QED) is 0.593. The van der Waals surface area contributed by atoms with Gasteiger partial charge in [0.1, 0.15) is 0 Å². The van der Waals surface area contributed by atoms with E-state index in [2.05, 4.69) is 32.9 Å². The van der Waals surface area contributed by atoms with Crippen LogP contribution in [0.3, 0.4) is 0 Å². The van der Waals surface area contributed by atoms with Crippen LogP contribution in [0.5, 0.6) is 0 Å². The SMILES string of the molecule is CC(C)(C)C1=Cc2c(Cl)cccc2C1. The predicted molar refractivity (Wildman–Crippen MR) is 62.6 cm³/mol. The van der Waals surface area contributed by atoms with Gasteiger partial charge >= 0.3 is 0 Å². The van der Waals surface area contributed by atoms with Gasteiger partial charge in [0.2, 0.25) is 0 Å². The molecule has 0 fully saturated rings. The highest BCUT2D eigenvalue weighted by atomic mass is 35.5. The first-order valence-electron chi connectivity index (χ1n) is 4.97. The van der Waals surface area contributed by atoms with Crippen molar-refractivity contribution in [2.24, 2.45) is 5.41 Å². The van der Waals surface area contributed by atoms with Crippen LogP contribution in [0.1, 0.15) is 31.9 Å². The van der Waals surface area contributed by atoms with Gasteiger partial charge in [-0.05, 0) is 29.0 Å². The molecular formula is C13H15Cl. The molecule has 2 rings (SSSR count). The Labute approximate surface area is 90.6 Å². The Bertz CT molecular complexity index is 394. The van der Waals surface area contributed by atoms with Gasteiger partial charge in [-0.15, -0.1) is 0 Å². The van der Waals surface area contributed by atoms with E-state index < -0.39 is 0 Å². The first-order valence-corrected chi connectivity index (χ1v) is 5.35. The Hall–Kier alpha value is -0.750. The average molecular weight is 207 g/mol. The highest BCUT2D eigenvalue weighted by molar-refractivity contribution is 6.32. The lowest BCUT2D eigenvalue weighted by Crippen LogP contribution is -2.08. The molecule has 0 N–H and O–H groups in total. The summed E-state index contributed by atoms with van der Waals surface area (Å²) in [5.41, 5.74) is 4.31. The Balaban J connectivity index is 2.45. The first kappa shape index (κ1) is 9.79. The van der Waals surface area contributed by atoms with Crippen molar-refractivity contribution in [3.8, 4) is 0 Å². The van der Waals surface area contributed by atoms with Crippen molar-refractivity contribution < 1.29 is 0 Å². The molecule has 0 saturated heterocycles. The zero-order valence-electron chi connectivity index (χ0n) is 8.89. The van der Waals surface area contributed by atoms with Gasteiger partial charge in [0.25, 0.3) is 0 Å². The van der Waals surface area contributed by atoms with Crippen molar-refractivity contribution >= 4 is 17.7 Å². The summed E-state index contributed by atoms with van der Waals surface area (Å²) in [6.45, 7) is 6.75. The minimum atomic E-state index is 0.252. The van der Waals surface area contributed by atoms with Gasteiger partial charge in [-0.25, -0.2) is 0 Å². The van der Waals surface area contributed by atoms with Crippen LogP contribution >= 0.6 is 11.6 Å². The average Bonchev–Trinajstić information content (AvgIpc) is 2.48. The van der Waals surface area contributed by atoms with Crippen LogP contribution in [0.4, 0.5) is 0 Å². The van der Waals surface area contributed by atoms with E-state index in [0.717, 1.165) is 11.4 Å². The topological polar surface area (TPSA) is 0 Å². The molecule has 1 aromatic carbocycles. The molecule has 0 bridgehead atoms. The van der Waals surface area contributed by atoms with Crippen LogP contribution in [0.15, 0.2) is 23.8 Å². The number of allylic oxidation sites excluding steroid dienone is 1. The number of halogens is 1. The normalized spacial score (nSPS) is 15.3. The van der Waals surface area contributed by atoms with Crippen LogP contribution in [0.25, 0.3) is 6.08 Å². The second kappa shape index (κ2) is 3.13. The third kappa shape index (κ3) is 1.59. The zero-order chi connectivity index (χ0) is 10.3. The van der Waals surface area contributed by atoms with Crippen molar-refractivity contribution in [1.82, 2.24) is 0 Å². The molecule has 1 aliphatic carbocycles. The van der Waals surface area contributed by atoms with Gasteiger partial charge in [-0.2, -0.15) is 0 Å². The van der Waals surface area contributed by atoms with E-state index >= 15 is 0 Å². The standard InChI is InChI=1S/C13H15Cl/c1-13(2,3)10-7-9-5-4-6-12(14)11(9)8-10/h4-6,8H,7H2,1-3H3. The molecule has 0 unspecified atom stereocenters. The number of hydrogen-bond donors (Lipinski definition) is 0. The van der Waals surface area contributed by atoms with Gasteiger partial charge in [0.05, 0.1) is 0 Å². The highest BCUT2D eigenvalue weighted by Gasteiger charge is 2.23. The third-order valence-corrected chi connectivity index (χ3v) is 3.14. The fraction of sp³-hybridized carbons (Fsp3) is 0.385. The summed E-state index contributed by atoms with van der Waals surface area (Å²) in [4.78, 5) is 0. The molecule has 0 heterocycles. The number of rotatable bonds is 0. The number of benzene rings is 1. The van der Waals surface area contributed by atoms with E-state index in [0.29, 0.717) is 0 Å². The maximum Gasteiger partial charge on any atom is 0.0481 e. The van der Waals surface area contributed by atoms with E-state index in [1.807, 2.05) is 12.1 Å². The fourth-order valence-corrected chi connectivity index (χ4v) is 2.06. The lowest BCUT2D eigenvalue weighted by atomic mass is 9.85. The Morgan fingerprint density at radius 1 is 1.21 bits per heavy atom. The van der Waals surface area contributed by atoms with Crippen molar-refractivity contribution in [3.05, 3.63) is 39.9 Å². The molecule has 74 valence electrons. The number of hydrogen-bond acceptors (Lipinski definition) is 0. The van der Waals surface area contributed by atoms with E-state index in [-0.39, 0.29) is 5.41 Å². The lowest BCUT2D eigenvalue weighted by molar-refractivity contribution is 0.498. The molecule has 0 aliphatic heterocycles. The molecule has 0 spiro atoms. The Kier molecular flexibility index (Phi) is 2.19. The number of fused-ring (bicyclic) bond motifs is 1. The molecular weight excluding hydrogens is 192 g/mol. The molecule has 1 heteroatoms. The van der Waals surface area contributed by atoms with Gasteiger partial charge in [-0.3, -0.25) is 0 Å². The summed E-state index contributed by atoms with van der Waals surface area (Å²) >= 11 is 6.14. The largest absolute Gasteiger partial charge is 0.0837 e. The molecule has 0 aromatic heterocycles. The predicted octanol–water partition coefficient (Wildman–Crippen LogP) is 4.33. The van der Waals surface area contributed by atoms with Gasteiger partial charge in [0, 0.05) is 5.02 Å². The molecule has 0 atom stereocenters. The van der Waals surface area contributed by atoms with Crippen LogP contribution in [0, 0.1) is 5.41 Å². The van der Waals surface area contributed by atoms with Crippen LogP contribution in [0.2, 0.25) is 5.02 Å². The van der Waals surface area contributed by atoms with Gasteiger partial charge in [-0.1, -0.05) is 56.2 Å². The lowest BCUT2D eigenvalue weighted by Gasteiger charge is -2.19. The van der Waals surface area contributed by atoms with Crippen LogP contribution < -0.4 is 0 Å². The van der Waals surface area contributed by atoms with Crippen molar-refractivity contribution in [1.29, 1.82) is 0 Å². The second-order valence-electron chi connectivity index (χ2n) is 4.91. The molecule has 0 radical (unpaired) electrons. The summed E-state index contributed by atoms with van der Waals surface area (Å²) in [6.07, 6.45) is 3.30. The zero-order valence-corrected chi connectivity index (χ0v) is 9.65. The third-order valence-electron chi connectivity index (χ3n) is 2.81. The Morgan fingerprint density at radius 3 is 2.50 bits per heavy atom.